The molecule has 2 aliphatic heterocycles. The fourth-order valence-corrected chi connectivity index (χ4v) is 5.18. The van der Waals surface area contributed by atoms with Crippen LogP contribution in [0, 0.1) is 0 Å². The van der Waals surface area contributed by atoms with E-state index in [-0.39, 0.29) is 24.3 Å². The number of amides is 3. The molecule has 0 radical (unpaired) electrons. The Hall–Kier alpha value is -1.83. The molecule has 0 N–H and O–H groups in total. The molecular weight excluding hydrogens is 441 g/mol. The Morgan fingerprint density at radius 1 is 0.968 bits per heavy atom. The molecule has 3 aliphatic rings. The van der Waals surface area contributed by atoms with E-state index in [0.29, 0.717) is 54.6 Å². The average Bonchev–Trinajstić information content (AvgIpc) is 3.13. The van der Waals surface area contributed by atoms with Gasteiger partial charge in [-0.05, 0) is 43.9 Å². The molecule has 1 aromatic carbocycles. The molecule has 3 amide bonds. The molecule has 2 saturated heterocycles. The van der Waals surface area contributed by atoms with Crippen molar-refractivity contribution in [3.63, 3.8) is 0 Å². The number of piperazine rings is 1. The smallest absolute Gasteiger partial charge is 0.256 e. The van der Waals surface area contributed by atoms with Crippen molar-refractivity contribution in [1.29, 1.82) is 0 Å². The Labute approximate surface area is 192 Å². The summed E-state index contributed by atoms with van der Waals surface area (Å²) in [5.41, 5.74) is -0.368. The van der Waals surface area contributed by atoms with Crippen molar-refractivity contribution in [3.05, 3.63) is 33.8 Å². The van der Waals surface area contributed by atoms with Gasteiger partial charge in [0.05, 0.1) is 16.7 Å². The van der Waals surface area contributed by atoms with Crippen LogP contribution in [0.4, 0.5) is 0 Å². The third-order valence-electron chi connectivity index (χ3n) is 6.60. The van der Waals surface area contributed by atoms with Crippen molar-refractivity contribution < 1.29 is 19.1 Å². The molecule has 1 aromatic rings. The van der Waals surface area contributed by atoms with Gasteiger partial charge in [0.15, 0.2) is 0 Å². The third-order valence-corrected chi connectivity index (χ3v) is 7.34. The van der Waals surface area contributed by atoms with E-state index in [9.17, 15) is 14.4 Å². The number of halogens is 2. The lowest BCUT2D eigenvalue weighted by atomic mass is 9.89. The fraction of sp³-hybridized carbons (Fsp3) is 0.591. The Morgan fingerprint density at radius 3 is 2.23 bits per heavy atom. The number of nitrogens with zero attached hydrogens (tertiary/aromatic N) is 3. The molecule has 0 aromatic heterocycles. The van der Waals surface area contributed by atoms with Gasteiger partial charge in [-0.2, -0.15) is 0 Å². The lowest BCUT2D eigenvalue weighted by Gasteiger charge is -2.43. The van der Waals surface area contributed by atoms with Crippen molar-refractivity contribution in [2.24, 2.45) is 0 Å². The van der Waals surface area contributed by atoms with Crippen LogP contribution in [0.5, 0.6) is 0 Å². The highest BCUT2D eigenvalue weighted by Gasteiger charge is 2.53. The summed E-state index contributed by atoms with van der Waals surface area (Å²) in [6.45, 7) is 3.63. The van der Waals surface area contributed by atoms with E-state index >= 15 is 0 Å². The van der Waals surface area contributed by atoms with Gasteiger partial charge in [0.25, 0.3) is 5.91 Å². The van der Waals surface area contributed by atoms with Crippen LogP contribution in [0.1, 0.15) is 49.4 Å². The van der Waals surface area contributed by atoms with Crippen molar-refractivity contribution in [2.75, 3.05) is 32.8 Å². The molecule has 1 saturated carbocycles. The van der Waals surface area contributed by atoms with E-state index in [1.165, 1.54) is 6.92 Å². The van der Waals surface area contributed by atoms with Crippen molar-refractivity contribution >= 4 is 40.9 Å². The maximum atomic E-state index is 13.6. The van der Waals surface area contributed by atoms with Crippen LogP contribution < -0.4 is 0 Å². The topological polar surface area (TPSA) is 70.2 Å². The van der Waals surface area contributed by atoms with Gasteiger partial charge in [0.1, 0.15) is 11.8 Å². The minimum absolute atomic E-state index is 0.00822. The number of ether oxygens (including phenoxy) is 1. The number of hydrogen-bond donors (Lipinski definition) is 0. The zero-order chi connectivity index (χ0) is 22.2. The lowest BCUT2D eigenvalue weighted by molar-refractivity contribution is -0.142. The first-order valence-electron chi connectivity index (χ1n) is 10.8. The second kappa shape index (κ2) is 8.96. The molecule has 1 atom stereocenters. The lowest BCUT2D eigenvalue weighted by Crippen LogP contribution is -2.59. The highest BCUT2D eigenvalue weighted by atomic mass is 35.5. The second-order valence-electron chi connectivity index (χ2n) is 8.47. The molecule has 1 aliphatic carbocycles. The van der Waals surface area contributed by atoms with Crippen LogP contribution in [-0.2, 0) is 14.3 Å². The van der Waals surface area contributed by atoms with Gasteiger partial charge in [-0.3, -0.25) is 19.3 Å². The van der Waals surface area contributed by atoms with E-state index < -0.39 is 11.8 Å². The predicted octanol–water partition coefficient (Wildman–Crippen LogP) is 3.19. The maximum Gasteiger partial charge on any atom is 0.256 e. The van der Waals surface area contributed by atoms with Gasteiger partial charge < -0.3 is 14.5 Å². The van der Waals surface area contributed by atoms with Crippen LogP contribution in [0.25, 0.3) is 0 Å². The predicted molar refractivity (Wildman–Crippen MR) is 117 cm³/mol. The minimum atomic E-state index is -0.761. The van der Waals surface area contributed by atoms with E-state index in [4.69, 9.17) is 27.9 Å². The minimum Gasteiger partial charge on any atom is -0.353 e. The van der Waals surface area contributed by atoms with E-state index in [0.717, 1.165) is 19.3 Å². The molecule has 0 unspecified atom stereocenters. The SMILES string of the molecule is CC(=O)N1CCN(C(=O)[C@@H]2COC3(CCCCC3)N2C(=O)c2ccc(Cl)c(Cl)c2)CC1. The standard InChI is InChI=1S/C22H27Cl2N3O4/c1-15(28)25-9-11-26(12-10-25)21(30)19-14-31-22(7-3-2-4-8-22)27(19)20(29)16-5-6-17(23)18(24)13-16/h5-6,13,19H,2-4,7-12,14H2,1H3/t19-/m0/s1. The Kier molecular flexibility index (Phi) is 6.47. The zero-order valence-corrected chi connectivity index (χ0v) is 19.1. The van der Waals surface area contributed by atoms with Gasteiger partial charge >= 0.3 is 0 Å². The Balaban J connectivity index is 1.60. The van der Waals surface area contributed by atoms with Crippen LogP contribution in [0.2, 0.25) is 10.0 Å². The van der Waals surface area contributed by atoms with Crippen LogP contribution in [0.3, 0.4) is 0 Å². The number of carbonyl (C=O) groups is 3. The van der Waals surface area contributed by atoms with Gasteiger partial charge in [0.2, 0.25) is 11.8 Å². The monoisotopic (exact) mass is 467 g/mol. The first-order valence-corrected chi connectivity index (χ1v) is 11.5. The average molecular weight is 468 g/mol. The summed E-state index contributed by atoms with van der Waals surface area (Å²) < 4.78 is 6.21. The van der Waals surface area contributed by atoms with Gasteiger partial charge in [-0.15, -0.1) is 0 Å². The summed E-state index contributed by atoms with van der Waals surface area (Å²) in [5, 5.41) is 0.674. The van der Waals surface area contributed by atoms with Gasteiger partial charge in [-0.25, -0.2) is 0 Å². The second-order valence-corrected chi connectivity index (χ2v) is 9.28. The highest BCUT2D eigenvalue weighted by Crippen LogP contribution is 2.42. The van der Waals surface area contributed by atoms with Crippen LogP contribution in [-0.4, -0.2) is 77.0 Å². The fourth-order valence-electron chi connectivity index (χ4n) is 4.88. The zero-order valence-electron chi connectivity index (χ0n) is 17.6. The summed E-state index contributed by atoms with van der Waals surface area (Å²) in [4.78, 5) is 43.9. The summed E-state index contributed by atoms with van der Waals surface area (Å²) in [6, 6.07) is 4.09. The molecule has 168 valence electrons. The third kappa shape index (κ3) is 4.28. The molecule has 2 heterocycles. The Bertz CT molecular complexity index is 880. The number of carbonyl (C=O) groups excluding carboxylic acids is 3. The quantitative estimate of drug-likeness (QED) is 0.669. The molecule has 4 rings (SSSR count). The summed E-state index contributed by atoms with van der Waals surface area (Å²) in [5.74, 6) is -0.383. The first kappa shape index (κ1) is 22.4. The van der Waals surface area contributed by atoms with Crippen LogP contribution in [0.15, 0.2) is 18.2 Å². The van der Waals surface area contributed by atoms with Crippen LogP contribution >= 0.6 is 23.2 Å². The number of hydrogen-bond acceptors (Lipinski definition) is 4. The van der Waals surface area contributed by atoms with Gasteiger partial charge in [-0.1, -0.05) is 29.6 Å². The molecule has 3 fully saturated rings. The molecular formula is C22H27Cl2N3O4. The maximum absolute atomic E-state index is 13.6. The summed E-state index contributed by atoms with van der Waals surface area (Å²) >= 11 is 12.2. The molecule has 9 heteroatoms. The van der Waals surface area contributed by atoms with Gasteiger partial charge in [0, 0.05) is 38.7 Å². The number of rotatable bonds is 2. The highest BCUT2D eigenvalue weighted by molar-refractivity contribution is 6.42. The Morgan fingerprint density at radius 2 is 1.61 bits per heavy atom. The molecule has 1 spiro atoms. The van der Waals surface area contributed by atoms with E-state index in [1.807, 2.05) is 0 Å². The van der Waals surface area contributed by atoms with E-state index in [1.54, 1.807) is 32.9 Å². The van der Waals surface area contributed by atoms with E-state index in [2.05, 4.69) is 0 Å². The summed E-state index contributed by atoms with van der Waals surface area (Å²) in [6.07, 6.45) is 4.40. The molecule has 0 bridgehead atoms. The first-order chi connectivity index (χ1) is 14.8. The van der Waals surface area contributed by atoms with Crippen molar-refractivity contribution in [2.45, 2.75) is 50.8 Å². The van der Waals surface area contributed by atoms with Crippen molar-refractivity contribution in [3.8, 4) is 0 Å². The molecule has 31 heavy (non-hydrogen) atoms. The largest absolute Gasteiger partial charge is 0.353 e. The normalized spacial score (nSPS) is 23.3. The van der Waals surface area contributed by atoms with Crippen molar-refractivity contribution in [1.82, 2.24) is 14.7 Å². The molecule has 7 nitrogen and oxygen atoms in total. The summed E-state index contributed by atoms with van der Waals surface area (Å²) in [7, 11) is 0. The number of benzene rings is 1.